The van der Waals surface area contributed by atoms with Gasteiger partial charge in [-0.1, -0.05) is 34.6 Å². The summed E-state index contributed by atoms with van der Waals surface area (Å²) in [6, 6.07) is 25.2. The molecule has 0 radical (unpaired) electrons. The number of nitrogens with one attached hydrogen (secondary N) is 1. The maximum absolute atomic E-state index is 13.2. The summed E-state index contributed by atoms with van der Waals surface area (Å²) in [5.41, 5.74) is 10.6. The van der Waals surface area contributed by atoms with Gasteiger partial charge in [-0.15, -0.1) is 12.4 Å². The Bertz CT molecular complexity index is 2810. The van der Waals surface area contributed by atoms with Crippen LogP contribution in [-0.2, 0) is 0 Å². The van der Waals surface area contributed by atoms with Crippen LogP contribution in [0.15, 0.2) is 127 Å². The molecule has 66 heavy (non-hydrogen) atoms. The summed E-state index contributed by atoms with van der Waals surface area (Å²) in [7, 11) is 7.65. The van der Waals surface area contributed by atoms with Gasteiger partial charge in [0.15, 0.2) is 0 Å². The molecule has 4 N–H and O–H groups in total. The van der Waals surface area contributed by atoms with E-state index in [1.54, 1.807) is 81.0 Å². The lowest BCUT2D eigenvalue weighted by Gasteiger charge is -2.22. The van der Waals surface area contributed by atoms with Crippen molar-refractivity contribution in [2.24, 2.45) is 5.73 Å². The Morgan fingerprint density at radius 2 is 1.09 bits per heavy atom. The quantitative estimate of drug-likeness (QED) is 0.0992. The molecule has 0 spiro atoms. The number of hydrogen-bond acceptors (Lipinski definition) is 15. The summed E-state index contributed by atoms with van der Waals surface area (Å²) >= 11 is 0. The van der Waals surface area contributed by atoms with Gasteiger partial charge in [-0.05, 0) is 101 Å². The molecular formula is C46H47ClF2N10O7. The maximum atomic E-state index is 13.2. The van der Waals surface area contributed by atoms with Gasteiger partial charge in [0, 0.05) is 54.8 Å². The number of carbonyl (C=O) groups excluding carboxylic acids is 1. The topological polar surface area (TPSA) is 229 Å². The molecule has 8 rings (SSSR count). The second-order valence-electron chi connectivity index (χ2n) is 14.8. The smallest absolute Gasteiger partial charge is 0.335 e. The third-order valence-electron chi connectivity index (χ3n) is 9.64. The number of halogens is 3. The van der Waals surface area contributed by atoms with E-state index in [0.29, 0.717) is 76.2 Å². The Morgan fingerprint density at radius 1 is 0.652 bits per heavy atom. The van der Waals surface area contributed by atoms with Crippen LogP contribution in [0.4, 0.5) is 8.78 Å². The minimum Gasteiger partial charge on any atom is -0.478 e. The van der Waals surface area contributed by atoms with Gasteiger partial charge in [0.25, 0.3) is 5.91 Å². The van der Waals surface area contributed by atoms with Crippen molar-refractivity contribution in [3.8, 4) is 45.7 Å². The van der Waals surface area contributed by atoms with Crippen LogP contribution in [0.2, 0.25) is 0 Å². The Kier molecular flexibility index (Phi) is 17.2. The molecule has 4 aromatic heterocycles. The van der Waals surface area contributed by atoms with Crippen LogP contribution in [0, 0.1) is 25.5 Å². The standard InChI is InChI=1S/C23H22FN5O3.C13H16FN3O.C10H8N2O3.ClH/c1-14-26-21(28-32-14)16-5-4-6-17(11-16)22(30)25-12-20(29(2)3)19-13-31-23(27-19)15-7-9-18(24)10-8-15;1-17(2)12(7-15)11-8-18-13(16-11)9-3-5-10(14)6-4-9;1-6-11-9(12-15-6)7-3-2-4-8(5-7)10(13)14;/h4-11,13,20H,12H2,1-3H3,(H,25,30);3-6,8,12H,7,15H2,1-2H3;2-5H,1H3,(H,13,14);1H. The van der Waals surface area contributed by atoms with Crippen LogP contribution in [-0.4, -0.2) is 98.3 Å². The predicted octanol–water partition coefficient (Wildman–Crippen LogP) is 8.08. The Hall–Kier alpha value is -7.45. The Morgan fingerprint density at radius 3 is 1.50 bits per heavy atom. The number of likely N-dealkylation sites (N-methyl/N-ethyl adjacent to an activating group) is 2. The Balaban J connectivity index is 0.000000203. The number of oxazole rings is 2. The number of benzene rings is 4. The average molecular weight is 925 g/mol. The highest BCUT2D eigenvalue weighted by Crippen LogP contribution is 2.26. The van der Waals surface area contributed by atoms with E-state index in [2.05, 4.69) is 35.6 Å². The molecule has 344 valence electrons. The third kappa shape index (κ3) is 13.1. The van der Waals surface area contributed by atoms with Crippen LogP contribution >= 0.6 is 12.4 Å². The van der Waals surface area contributed by atoms with Gasteiger partial charge in [0.1, 0.15) is 24.2 Å². The van der Waals surface area contributed by atoms with E-state index in [0.717, 1.165) is 11.3 Å². The molecule has 0 aliphatic heterocycles. The SMILES string of the molecule is CN(C)C(CN)c1coc(-c2ccc(F)cc2)n1.Cc1nc(-c2cccc(C(=O)NCC(c3coc(-c4ccc(F)cc4)n3)N(C)C)c2)no1.Cc1nc(-c2cccc(C(=O)O)c2)no1.Cl. The number of rotatable bonds is 13. The van der Waals surface area contributed by atoms with Gasteiger partial charge in [-0.25, -0.2) is 23.5 Å². The molecule has 0 saturated heterocycles. The monoisotopic (exact) mass is 924 g/mol. The van der Waals surface area contributed by atoms with Gasteiger partial charge < -0.3 is 34.0 Å². The van der Waals surface area contributed by atoms with Gasteiger partial charge in [0.2, 0.25) is 35.2 Å². The molecule has 0 bridgehead atoms. The molecule has 4 aromatic carbocycles. The fourth-order valence-electron chi connectivity index (χ4n) is 6.19. The number of amides is 1. The summed E-state index contributed by atoms with van der Waals surface area (Å²) in [6.07, 6.45) is 3.14. The summed E-state index contributed by atoms with van der Waals surface area (Å²) < 4.78 is 46.8. The van der Waals surface area contributed by atoms with Crippen molar-refractivity contribution in [3.05, 3.63) is 156 Å². The molecule has 20 heteroatoms. The fraction of sp³-hybridized carbons (Fsp3) is 0.217. The second kappa shape index (κ2) is 22.9. The van der Waals surface area contributed by atoms with Crippen molar-refractivity contribution in [3.63, 3.8) is 0 Å². The lowest BCUT2D eigenvalue weighted by molar-refractivity contribution is 0.0696. The van der Waals surface area contributed by atoms with E-state index < -0.39 is 5.97 Å². The van der Waals surface area contributed by atoms with E-state index in [9.17, 15) is 18.4 Å². The molecule has 0 fully saturated rings. The minimum atomic E-state index is -0.975. The van der Waals surface area contributed by atoms with E-state index in [1.807, 2.05) is 44.1 Å². The first-order valence-corrected chi connectivity index (χ1v) is 20.0. The molecule has 17 nitrogen and oxygen atoms in total. The lowest BCUT2D eigenvalue weighted by atomic mass is 10.1. The molecule has 8 aromatic rings. The second-order valence-corrected chi connectivity index (χ2v) is 14.8. The highest BCUT2D eigenvalue weighted by atomic mass is 35.5. The number of carbonyl (C=O) groups is 2. The summed E-state index contributed by atoms with van der Waals surface area (Å²) in [5, 5.41) is 19.3. The van der Waals surface area contributed by atoms with Crippen LogP contribution in [0.1, 0.15) is 56.0 Å². The molecule has 1 amide bonds. The normalized spacial score (nSPS) is 11.7. The molecule has 0 aliphatic carbocycles. The van der Waals surface area contributed by atoms with Crippen molar-refractivity contribution in [2.75, 3.05) is 41.3 Å². The van der Waals surface area contributed by atoms with E-state index in [-0.39, 0.29) is 47.6 Å². The van der Waals surface area contributed by atoms with Crippen LogP contribution in [0.25, 0.3) is 45.7 Å². The predicted molar refractivity (Wildman–Crippen MR) is 241 cm³/mol. The largest absolute Gasteiger partial charge is 0.478 e. The number of nitrogens with zero attached hydrogens (tertiary/aromatic N) is 8. The average Bonchev–Trinajstić information content (AvgIpc) is 4.14. The van der Waals surface area contributed by atoms with Crippen molar-refractivity contribution >= 4 is 24.3 Å². The van der Waals surface area contributed by atoms with Gasteiger partial charge >= 0.3 is 5.97 Å². The molecular weight excluding hydrogens is 878 g/mol. The zero-order chi connectivity index (χ0) is 46.6. The third-order valence-corrected chi connectivity index (χ3v) is 9.64. The molecule has 0 aliphatic rings. The summed E-state index contributed by atoms with van der Waals surface area (Å²) in [6.45, 7) is 4.16. The van der Waals surface area contributed by atoms with Gasteiger partial charge in [-0.3, -0.25) is 14.6 Å². The fourth-order valence-corrected chi connectivity index (χ4v) is 6.19. The number of carboxylic acids is 1. The first kappa shape index (κ1) is 49.6. The van der Waals surface area contributed by atoms with Crippen molar-refractivity contribution in [1.82, 2.24) is 45.4 Å². The van der Waals surface area contributed by atoms with Crippen molar-refractivity contribution in [2.45, 2.75) is 25.9 Å². The minimum absolute atomic E-state index is 0. The molecule has 4 heterocycles. The molecule has 2 unspecified atom stereocenters. The lowest BCUT2D eigenvalue weighted by Crippen LogP contribution is -2.34. The first-order chi connectivity index (χ1) is 31.2. The van der Waals surface area contributed by atoms with E-state index in [1.165, 1.54) is 36.4 Å². The van der Waals surface area contributed by atoms with E-state index >= 15 is 0 Å². The van der Waals surface area contributed by atoms with Gasteiger partial charge in [0.05, 0.1) is 29.0 Å². The number of hydrogen-bond donors (Lipinski definition) is 3. The zero-order valence-electron chi connectivity index (χ0n) is 36.7. The highest BCUT2D eigenvalue weighted by Gasteiger charge is 2.22. The maximum Gasteiger partial charge on any atom is 0.335 e. The summed E-state index contributed by atoms with van der Waals surface area (Å²) in [5.74, 6) is 0.785. The Labute approximate surface area is 384 Å². The van der Waals surface area contributed by atoms with E-state index in [4.69, 9.17) is 28.7 Å². The molecule has 0 saturated carbocycles. The van der Waals surface area contributed by atoms with Crippen LogP contribution in [0.3, 0.4) is 0 Å². The summed E-state index contributed by atoms with van der Waals surface area (Å²) in [4.78, 5) is 44.5. The number of aryl methyl sites for hydroxylation is 2. The molecule has 2 atom stereocenters. The highest BCUT2D eigenvalue weighted by molar-refractivity contribution is 5.95. The number of nitrogens with two attached hydrogens (primary N) is 1. The first-order valence-electron chi connectivity index (χ1n) is 20.0. The number of carboxylic acid groups (broad SMARTS) is 1. The van der Waals surface area contributed by atoms with Crippen LogP contribution < -0.4 is 11.1 Å². The van der Waals surface area contributed by atoms with Crippen molar-refractivity contribution in [1.29, 1.82) is 0 Å². The number of aromatic nitrogens is 6. The van der Waals surface area contributed by atoms with Crippen molar-refractivity contribution < 1.29 is 41.4 Å². The van der Waals surface area contributed by atoms with Crippen LogP contribution in [0.5, 0.6) is 0 Å². The zero-order valence-corrected chi connectivity index (χ0v) is 37.5. The number of aromatic carboxylic acids is 1. The van der Waals surface area contributed by atoms with Gasteiger partial charge in [-0.2, -0.15) is 9.97 Å².